The van der Waals surface area contributed by atoms with Crippen molar-refractivity contribution < 1.29 is 0 Å². The number of fused-ring (bicyclic) bond motifs is 1. The van der Waals surface area contributed by atoms with Crippen molar-refractivity contribution in [3.63, 3.8) is 0 Å². The van der Waals surface area contributed by atoms with E-state index in [1.807, 2.05) is 11.3 Å². The van der Waals surface area contributed by atoms with Crippen molar-refractivity contribution in [2.45, 2.75) is 68.1 Å². The molecule has 0 aliphatic carbocycles. The van der Waals surface area contributed by atoms with Crippen LogP contribution in [0.1, 0.15) is 63.3 Å². The maximum absolute atomic E-state index is 5.96. The first kappa shape index (κ1) is 23.3. The highest BCUT2D eigenvalue weighted by Gasteiger charge is 2.38. The first-order valence-electron chi connectivity index (χ1n) is 9.67. The van der Waals surface area contributed by atoms with E-state index in [2.05, 4.69) is 31.2 Å². The third-order valence-electron chi connectivity index (χ3n) is 4.93. The van der Waals surface area contributed by atoms with Gasteiger partial charge in [0.25, 0.3) is 0 Å². The van der Waals surface area contributed by atoms with Gasteiger partial charge >= 0.3 is 0 Å². The van der Waals surface area contributed by atoms with Crippen LogP contribution in [0.5, 0.6) is 0 Å². The number of aromatic nitrogens is 1. The van der Waals surface area contributed by atoms with E-state index in [1.54, 1.807) is 0 Å². The lowest BCUT2D eigenvalue weighted by Gasteiger charge is -2.35. The maximum Gasteiger partial charge on any atom is 0.151 e. The summed E-state index contributed by atoms with van der Waals surface area (Å²) in [5.74, 6) is 0.446. The lowest BCUT2D eigenvalue weighted by molar-refractivity contribution is 0.426. The molecule has 0 saturated heterocycles. The first-order valence-corrected chi connectivity index (χ1v) is 13.1. The Morgan fingerprint density at radius 3 is 2.30 bits per heavy atom. The highest BCUT2D eigenvalue weighted by Crippen LogP contribution is 2.49. The second-order valence-corrected chi connectivity index (χ2v) is 11.4. The van der Waals surface area contributed by atoms with Crippen molar-refractivity contribution in [1.29, 1.82) is 0 Å². The van der Waals surface area contributed by atoms with E-state index in [4.69, 9.17) is 20.4 Å². The molecule has 0 amide bonds. The van der Waals surface area contributed by atoms with E-state index in [-0.39, 0.29) is 3.41 Å². The van der Waals surface area contributed by atoms with Gasteiger partial charge in [0.15, 0.2) is 3.41 Å². The molecule has 2 rings (SSSR count). The molecule has 2 aromatic rings. The summed E-state index contributed by atoms with van der Waals surface area (Å²) in [7, 11) is 0. The Labute approximate surface area is 180 Å². The minimum absolute atomic E-state index is 0.323. The minimum atomic E-state index is -0.323. The highest BCUT2D eigenvalue weighted by atomic mass is 32.3. The molecule has 0 saturated carbocycles. The Bertz CT molecular complexity index is 619. The van der Waals surface area contributed by atoms with Crippen LogP contribution in [-0.2, 0) is 6.42 Å². The zero-order valence-electron chi connectivity index (χ0n) is 16.1. The van der Waals surface area contributed by atoms with E-state index >= 15 is 0 Å². The van der Waals surface area contributed by atoms with Crippen LogP contribution in [0.15, 0.2) is 24.3 Å². The summed E-state index contributed by atoms with van der Waals surface area (Å²) in [4.78, 5) is 4.73. The molecule has 0 spiro atoms. The molecule has 1 aromatic heterocycles. The number of hydrogen-bond donors (Lipinski definition) is 3. The largest absolute Gasteiger partial charge is 0.276 e. The van der Waals surface area contributed by atoms with Crippen LogP contribution >= 0.6 is 47.2 Å². The van der Waals surface area contributed by atoms with Crippen LogP contribution in [0.2, 0.25) is 0 Å². The summed E-state index contributed by atoms with van der Waals surface area (Å²) in [6.45, 7) is 2.22. The van der Waals surface area contributed by atoms with Crippen LogP contribution in [0.4, 0.5) is 0 Å². The summed E-state index contributed by atoms with van der Waals surface area (Å²) < 4.78 is 0.969. The standard InChI is InChI=1S/C19H32N4S4/c1-2-3-10-15(19(25-20,26-21)27-22)11-6-4-5-7-14-18-23-16-12-8-9-13-17(16)24-18/h8-9,12-13,15H,2-7,10-11,14,20-22H2,1H3. The van der Waals surface area contributed by atoms with Crippen molar-refractivity contribution in [2.24, 2.45) is 21.3 Å². The van der Waals surface area contributed by atoms with Gasteiger partial charge in [-0.3, -0.25) is 15.4 Å². The Hall–Kier alpha value is 0.0400. The zero-order chi connectivity index (χ0) is 19.5. The Kier molecular flexibility index (Phi) is 10.9. The maximum atomic E-state index is 5.96. The van der Waals surface area contributed by atoms with Gasteiger partial charge < -0.3 is 0 Å². The van der Waals surface area contributed by atoms with Crippen LogP contribution in [0.3, 0.4) is 0 Å². The molecule has 0 aliphatic rings. The van der Waals surface area contributed by atoms with Crippen molar-refractivity contribution in [2.75, 3.05) is 0 Å². The molecule has 1 atom stereocenters. The molecule has 8 heteroatoms. The van der Waals surface area contributed by atoms with Gasteiger partial charge in [-0.15, -0.1) is 11.3 Å². The van der Waals surface area contributed by atoms with E-state index < -0.39 is 0 Å². The van der Waals surface area contributed by atoms with Crippen LogP contribution < -0.4 is 15.4 Å². The number of benzene rings is 1. The number of nitrogens with zero attached hydrogens (tertiary/aromatic N) is 1. The van der Waals surface area contributed by atoms with Gasteiger partial charge in [-0.2, -0.15) is 0 Å². The van der Waals surface area contributed by atoms with E-state index in [0.717, 1.165) is 24.8 Å². The van der Waals surface area contributed by atoms with Gasteiger partial charge in [0.05, 0.1) is 15.2 Å². The summed E-state index contributed by atoms with van der Waals surface area (Å²) in [6, 6.07) is 8.38. The SMILES string of the molecule is CCCCC(CCCCCCc1nc2ccccc2s1)C(SN)(SN)SN. The van der Waals surface area contributed by atoms with Gasteiger partial charge in [0, 0.05) is 0 Å². The fraction of sp³-hybridized carbons (Fsp3) is 0.632. The zero-order valence-corrected chi connectivity index (χ0v) is 19.3. The second kappa shape index (κ2) is 12.6. The van der Waals surface area contributed by atoms with E-state index in [0.29, 0.717) is 5.92 Å². The number of rotatable bonds is 14. The molecule has 0 aliphatic heterocycles. The fourth-order valence-electron chi connectivity index (χ4n) is 3.37. The highest BCUT2D eigenvalue weighted by molar-refractivity contribution is 8.31. The molecule has 1 aromatic carbocycles. The van der Waals surface area contributed by atoms with Crippen molar-refractivity contribution in [3.05, 3.63) is 29.3 Å². The molecule has 1 unspecified atom stereocenters. The number of thiazole rings is 1. The molecular weight excluding hydrogens is 413 g/mol. The summed E-state index contributed by atoms with van der Waals surface area (Å²) >= 11 is 5.76. The Morgan fingerprint density at radius 1 is 0.963 bits per heavy atom. The third kappa shape index (κ3) is 6.80. The quantitative estimate of drug-likeness (QED) is 0.185. The number of unbranched alkanes of at least 4 members (excludes halogenated alkanes) is 4. The van der Waals surface area contributed by atoms with Gasteiger partial charge in [0.1, 0.15) is 0 Å². The van der Waals surface area contributed by atoms with Crippen molar-refractivity contribution in [3.8, 4) is 0 Å². The number of aryl methyl sites for hydroxylation is 1. The Morgan fingerprint density at radius 2 is 1.63 bits per heavy atom. The van der Waals surface area contributed by atoms with E-state index in [1.165, 1.54) is 84.1 Å². The predicted molar refractivity (Wildman–Crippen MR) is 127 cm³/mol. The molecule has 0 fully saturated rings. The van der Waals surface area contributed by atoms with Gasteiger partial charge in [0.2, 0.25) is 0 Å². The summed E-state index contributed by atoms with van der Waals surface area (Å²) in [5.41, 5.74) is 1.13. The van der Waals surface area contributed by atoms with Gasteiger partial charge in [-0.1, -0.05) is 87.0 Å². The topological polar surface area (TPSA) is 90.9 Å². The van der Waals surface area contributed by atoms with Crippen molar-refractivity contribution >= 4 is 57.4 Å². The predicted octanol–water partition coefficient (Wildman–Crippen LogP) is 6.07. The van der Waals surface area contributed by atoms with Crippen molar-refractivity contribution in [1.82, 2.24) is 4.98 Å². The molecule has 27 heavy (non-hydrogen) atoms. The molecule has 1 heterocycles. The fourth-order valence-corrected chi connectivity index (χ4v) is 6.33. The first-order chi connectivity index (χ1) is 13.2. The third-order valence-corrected chi connectivity index (χ3v) is 9.74. The number of nitrogens with two attached hydrogens (primary N) is 3. The van der Waals surface area contributed by atoms with Crippen LogP contribution in [0.25, 0.3) is 10.2 Å². The van der Waals surface area contributed by atoms with Crippen LogP contribution in [0, 0.1) is 5.92 Å². The molecule has 4 nitrogen and oxygen atoms in total. The average Bonchev–Trinajstić information content (AvgIpc) is 3.12. The molecule has 0 radical (unpaired) electrons. The Balaban J connectivity index is 1.74. The van der Waals surface area contributed by atoms with Crippen LogP contribution in [-0.4, -0.2) is 8.40 Å². The minimum Gasteiger partial charge on any atom is -0.276 e. The lowest BCUT2D eigenvalue weighted by Crippen LogP contribution is -2.33. The normalized spacial score (nSPS) is 13.3. The van der Waals surface area contributed by atoms with Gasteiger partial charge in [-0.25, -0.2) is 4.98 Å². The molecular formula is C19H32N4S4. The van der Waals surface area contributed by atoms with Gasteiger partial charge in [-0.05, 0) is 43.7 Å². The lowest BCUT2D eigenvalue weighted by atomic mass is 9.96. The molecule has 0 bridgehead atoms. The summed E-state index contributed by atoms with van der Waals surface area (Å²) in [5, 5.41) is 19.1. The second-order valence-electron chi connectivity index (χ2n) is 6.82. The summed E-state index contributed by atoms with van der Waals surface area (Å²) in [6.07, 6.45) is 10.6. The number of hydrogen-bond acceptors (Lipinski definition) is 8. The monoisotopic (exact) mass is 444 g/mol. The van der Waals surface area contributed by atoms with E-state index in [9.17, 15) is 0 Å². The average molecular weight is 445 g/mol. The smallest absolute Gasteiger partial charge is 0.151 e. The molecule has 152 valence electrons. The molecule has 6 N–H and O–H groups in total. The number of para-hydroxylation sites is 1.